The third kappa shape index (κ3) is 3.42. The lowest BCUT2D eigenvalue weighted by molar-refractivity contribution is 0.600. The predicted molar refractivity (Wildman–Crippen MR) is 88.5 cm³/mol. The van der Waals surface area contributed by atoms with Gasteiger partial charge >= 0.3 is 0 Å². The molecule has 0 atom stereocenters. The molecule has 0 aliphatic heterocycles. The van der Waals surface area contributed by atoms with Gasteiger partial charge < -0.3 is 0 Å². The summed E-state index contributed by atoms with van der Waals surface area (Å²) in [6.07, 6.45) is 0.743. The Morgan fingerprint density at radius 2 is 1.80 bits per heavy atom. The molecule has 0 unspecified atom stereocenters. The molecule has 106 valence electrons. The van der Waals surface area contributed by atoms with Gasteiger partial charge in [0.2, 0.25) is 0 Å². The standard InChI is InChI=1S/C14H13Br2NO2S/c1-2-10-9-11(15)7-8-13(10)17-20(18,19)14-6-4-3-5-12(14)16/h3-9,17H,2H2,1H3. The summed E-state index contributed by atoms with van der Waals surface area (Å²) < 4.78 is 29.0. The maximum absolute atomic E-state index is 12.4. The van der Waals surface area contributed by atoms with Gasteiger partial charge in [-0.25, -0.2) is 8.42 Å². The number of halogens is 2. The van der Waals surface area contributed by atoms with E-state index >= 15 is 0 Å². The van der Waals surface area contributed by atoms with Crippen LogP contribution in [0.15, 0.2) is 56.3 Å². The summed E-state index contributed by atoms with van der Waals surface area (Å²) in [7, 11) is -3.60. The molecule has 0 bridgehead atoms. The molecule has 0 saturated heterocycles. The predicted octanol–water partition coefficient (Wildman–Crippen LogP) is 4.57. The number of rotatable bonds is 4. The Kier molecular flexibility index (Phi) is 4.88. The largest absolute Gasteiger partial charge is 0.279 e. The van der Waals surface area contributed by atoms with E-state index in [1.165, 1.54) is 0 Å². The Labute approximate surface area is 135 Å². The highest BCUT2D eigenvalue weighted by Gasteiger charge is 2.18. The molecule has 2 rings (SSSR count). The lowest BCUT2D eigenvalue weighted by Crippen LogP contribution is -2.14. The van der Waals surface area contributed by atoms with E-state index in [1.807, 2.05) is 19.1 Å². The average Bonchev–Trinajstić information content (AvgIpc) is 2.41. The number of nitrogens with one attached hydrogen (secondary N) is 1. The van der Waals surface area contributed by atoms with Crippen molar-refractivity contribution in [2.75, 3.05) is 4.72 Å². The van der Waals surface area contributed by atoms with Gasteiger partial charge in [-0.1, -0.05) is 35.0 Å². The second kappa shape index (κ2) is 6.28. The van der Waals surface area contributed by atoms with Crippen molar-refractivity contribution in [2.45, 2.75) is 18.2 Å². The molecule has 0 radical (unpaired) electrons. The van der Waals surface area contributed by atoms with E-state index in [2.05, 4.69) is 36.6 Å². The third-order valence-electron chi connectivity index (χ3n) is 2.82. The van der Waals surface area contributed by atoms with E-state index in [4.69, 9.17) is 0 Å². The van der Waals surface area contributed by atoms with E-state index in [9.17, 15) is 8.42 Å². The Balaban J connectivity index is 2.41. The minimum absolute atomic E-state index is 0.227. The van der Waals surface area contributed by atoms with Crippen LogP contribution < -0.4 is 4.72 Å². The number of aryl methyl sites for hydroxylation is 1. The fourth-order valence-corrected chi connectivity index (χ4v) is 4.33. The van der Waals surface area contributed by atoms with Gasteiger partial charge in [-0.05, 0) is 58.2 Å². The molecular formula is C14H13Br2NO2S. The van der Waals surface area contributed by atoms with Crippen LogP contribution in [-0.4, -0.2) is 8.42 Å². The third-order valence-corrected chi connectivity index (χ3v) is 5.69. The van der Waals surface area contributed by atoms with E-state index in [0.717, 1.165) is 16.5 Å². The fraction of sp³-hybridized carbons (Fsp3) is 0.143. The summed E-state index contributed by atoms with van der Waals surface area (Å²) in [6.45, 7) is 1.98. The molecule has 0 aliphatic carbocycles. The molecule has 2 aromatic carbocycles. The van der Waals surface area contributed by atoms with Crippen molar-refractivity contribution in [3.05, 3.63) is 57.0 Å². The molecular weight excluding hydrogens is 406 g/mol. The normalized spacial score (nSPS) is 11.3. The van der Waals surface area contributed by atoms with E-state index in [0.29, 0.717) is 10.2 Å². The van der Waals surface area contributed by atoms with Crippen molar-refractivity contribution in [1.82, 2.24) is 0 Å². The lowest BCUT2D eigenvalue weighted by Gasteiger charge is -2.13. The molecule has 0 fully saturated rings. The molecule has 0 spiro atoms. The number of sulfonamides is 1. The van der Waals surface area contributed by atoms with Crippen molar-refractivity contribution in [3.63, 3.8) is 0 Å². The number of hydrogen-bond donors (Lipinski definition) is 1. The minimum Gasteiger partial charge on any atom is -0.279 e. The summed E-state index contributed by atoms with van der Waals surface area (Å²) in [5.41, 5.74) is 1.54. The lowest BCUT2D eigenvalue weighted by atomic mass is 10.1. The molecule has 1 N–H and O–H groups in total. The zero-order valence-electron chi connectivity index (χ0n) is 10.7. The van der Waals surface area contributed by atoms with Gasteiger partial charge in [-0.2, -0.15) is 0 Å². The van der Waals surface area contributed by atoms with Gasteiger partial charge in [0.25, 0.3) is 10.0 Å². The Morgan fingerprint density at radius 3 is 2.45 bits per heavy atom. The van der Waals surface area contributed by atoms with Crippen molar-refractivity contribution >= 4 is 47.6 Å². The fourth-order valence-electron chi connectivity index (χ4n) is 1.82. The minimum atomic E-state index is -3.60. The molecule has 6 heteroatoms. The van der Waals surface area contributed by atoms with Crippen molar-refractivity contribution in [2.24, 2.45) is 0 Å². The van der Waals surface area contributed by atoms with Crippen LogP contribution in [0.2, 0.25) is 0 Å². The number of anilines is 1. The highest BCUT2D eigenvalue weighted by Crippen LogP contribution is 2.27. The topological polar surface area (TPSA) is 46.2 Å². The molecule has 0 heterocycles. The van der Waals surface area contributed by atoms with Gasteiger partial charge in [0.05, 0.1) is 5.69 Å². The number of benzene rings is 2. The molecule has 2 aromatic rings. The van der Waals surface area contributed by atoms with E-state index < -0.39 is 10.0 Å². The second-order valence-corrected chi connectivity index (χ2v) is 7.61. The average molecular weight is 419 g/mol. The molecule has 0 amide bonds. The Morgan fingerprint density at radius 1 is 1.10 bits per heavy atom. The molecule has 20 heavy (non-hydrogen) atoms. The maximum Gasteiger partial charge on any atom is 0.263 e. The van der Waals surface area contributed by atoms with Gasteiger partial charge in [0, 0.05) is 8.95 Å². The number of hydrogen-bond acceptors (Lipinski definition) is 2. The van der Waals surface area contributed by atoms with Crippen LogP contribution in [0, 0.1) is 0 Å². The first-order chi connectivity index (χ1) is 9.44. The van der Waals surface area contributed by atoms with Gasteiger partial charge in [-0.3, -0.25) is 4.72 Å². The first-order valence-electron chi connectivity index (χ1n) is 6.00. The van der Waals surface area contributed by atoms with Crippen LogP contribution in [0.3, 0.4) is 0 Å². The zero-order valence-corrected chi connectivity index (χ0v) is 14.7. The van der Waals surface area contributed by atoms with Gasteiger partial charge in [0.1, 0.15) is 4.90 Å². The van der Waals surface area contributed by atoms with Crippen LogP contribution >= 0.6 is 31.9 Å². The quantitative estimate of drug-likeness (QED) is 0.789. The van der Waals surface area contributed by atoms with Crippen LogP contribution in [0.4, 0.5) is 5.69 Å². The highest BCUT2D eigenvalue weighted by molar-refractivity contribution is 9.10. The van der Waals surface area contributed by atoms with E-state index in [1.54, 1.807) is 30.3 Å². The summed E-state index contributed by atoms with van der Waals surface area (Å²) in [5, 5.41) is 0. The SMILES string of the molecule is CCc1cc(Br)ccc1NS(=O)(=O)c1ccccc1Br. The molecule has 3 nitrogen and oxygen atoms in total. The maximum atomic E-state index is 12.4. The van der Waals surface area contributed by atoms with Crippen LogP contribution in [0.5, 0.6) is 0 Å². The summed E-state index contributed by atoms with van der Waals surface area (Å²) in [6, 6.07) is 12.2. The summed E-state index contributed by atoms with van der Waals surface area (Å²) >= 11 is 6.65. The highest BCUT2D eigenvalue weighted by atomic mass is 79.9. The second-order valence-electron chi connectivity index (χ2n) is 4.19. The van der Waals surface area contributed by atoms with Crippen LogP contribution in [0.25, 0.3) is 0 Å². The molecule has 0 saturated carbocycles. The van der Waals surface area contributed by atoms with Crippen LogP contribution in [-0.2, 0) is 16.4 Å². The monoisotopic (exact) mass is 417 g/mol. The first kappa shape index (κ1) is 15.5. The van der Waals surface area contributed by atoms with Crippen molar-refractivity contribution in [3.8, 4) is 0 Å². The summed E-state index contributed by atoms with van der Waals surface area (Å²) in [4.78, 5) is 0.227. The summed E-state index contributed by atoms with van der Waals surface area (Å²) in [5.74, 6) is 0. The molecule has 0 aliphatic rings. The Hall–Kier alpha value is -0.850. The smallest absolute Gasteiger partial charge is 0.263 e. The van der Waals surface area contributed by atoms with Gasteiger partial charge in [0.15, 0.2) is 0 Å². The first-order valence-corrected chi connectivity index (χ1v) is 9.06. The molecule has 0 aromatic heterocycles. The van der Waals surface area contributed by atoms with E-state index in [-0.39, 0.29) is 4.90 Å². The van der Waals surface area contributed by atoms with Gasteiger partial charge in [-0.15, -0.1) is 0 Å². The van der Waals surface area contributed by atoms with Crippen LogP contribution in [0.1, 0.15) is 12.5 Å². The zero-order chi connectivity index (χ0) is 14.8. The Bertz CT molecular complexity index is 730. The van der Waals surface area contributed by atoms with Crippen molar-refractivity contribution in [1.29, 1.82) is 0 Å². The van der Waals surface area contributed by atoms with Crippen molar-refractivity contribution < 1.29 is 8.42 Å².